The number of ether oxygens (including phenoxy) is 1. The Morgan fingerprint density at radius 1 is 1.46 bits per heavy atom. The van der Waals surface area contributed by atoms with Gasteiger partial charge in [-0.25, -0.2) is 4.79 Å². The number of likely N-dealkylation sites (N-methyl/N-ethyl adjacent to an activating group) is 1. The lowest BCUT2D eigenvalue weighted by Gasteiger charge is -2.08. The van der Waals surface area contributed by atoms with Crippen molar-refractivity contribution >= 4 is 5.97 Å². The zero-order valence-electron chi connectivity index (χ0n) is 8.91. The van der Waals surface area contributed by atoms with Crippen LogP contribution in [0, 0.1) is 5.92 Å². The van der Waals surface area contributed by atoms with Crippen LogP contribution >= 0.6 is 0 Å². The number of nitrogens with zero attached hydrogens (tertiary/aromatic N) is 1. The molecule has 76 valence electrons. The van der Waals surface area contributed by atoms with Crippen molar-refractivity contribution in [1.82, 2.24) is 4.90 Å². The molecule has 0 spiro atoms. The maximum Gasteiger partial charge on any atom is 0.330 e. The molecule has 0 N–H and O–H groups in total. The van der Waals surface area contributed by atoms with Crippen molar-refractivity contribution in [3.8, 4) is 0 Å². The van der Waals surface area contributed by atoms with Gasteiger partial charge in [0.15, 0.2) is 0 Å². The quantitative estimate of drug-likeness (QED) is 0.477. The van der Waals surface area contributed by atoms with E-state index in [1.807, 2.05) is 38.9 Å². The highest BCUT2D eigenvalue weighted by molar-refractivity contribution is 5.81. The Bertz CT molecular complexity index is 174. The fourth-order valence-corrected chi connectivity index (χ4v) is 0.648. The first-order chi connectivity index (χ1) is 6.02. The third kappa shape index (κ3) is 9.08. The second-order valence-corrected chi connectivity index (χ2v) is 3.57. The first-order valence-electron chi connectivity index (χ1n) is 4.52. The molecule has 0 aromatic carbocycles. The van der Waals surface area contributed by atoms with Crippen LogP contribution in [-0.4, -0.2) is 38.1 Å². The molecule has 0 fully saturated rings. The lowest BCUT2D eigenvalue weighted by Crippen LogP contribution is -2.19. The molecule has 0 saturated heterocycles. The molecule has 13 heavy (non-hydrogen) atoms. The fourth-order valence-electron chi connectivity index (χ4n) is 0.648. The topological polar surface area (TPSA) is 29.5 Å². The maximum absolute atomic E-state index is 11.0. The Kier molecular flexibility index (Phi) is 6.24. The molecule has 0 heterocycles. The molecule has 0 unspecified atom stereocenters. The van der Waals surface area contributed by atoms with Crippen LogP contribution in [0.4, 0.5) is 0 Å². The summed E-state index contributed by atoms with van der Waals surface area (Å²) >= 11 is 0. The number of hydrogen-bond donors (Lipinski definition) is 0. The highest BCUT2D eigenvalue weighted by Gasteiger charge is 1.97. The highest BCUT2D eigenvalue weighted by atomic mass is 16.5. The van der Waals surface area contributed by atoms with Gasteiger partial charge in [-0.05, 0) is 20.0 Å². The van der Waals surface area contributed by atoms with Crippen molar-refractivity contribution in [1.29, 1.82) is 0 Å². The maximum atomic E-state index is 11.0. The van der Waals surface area contributed by atoms with Gasteiger partial charge in [-0.2, -0.15) is 0 Å². The minimum Gasteiger partial charge on any atom is -0.461 e. The molecular weight excluding hydrogens is 166 g/mol. The largest absolute Gasteiger partial charge is 0.461 e. The molecule has 3 nitrogen and oxygen atoms in total. The Morgan fingerprint density at radius 3 is 2.54 bits per heavy atom. The van der Waals surface area contributed by atoms with E-state index in [1.165, 1.54) is 6.08 Å². The monoisotopic (exact) mass is 185 g/mol. The Hall–Kier alpha value is -0.830. The first-order valence-corrected chi connectivity index (χ1v) is 4.52. The van der Waals surface area contributed by atoms with Crippen molar-refractivity contribution < 1.29 is 9.53 Å². The van der Waals surface area contributed by atoms with Gasteiger partial charge in [0.1, 0.15) is 6.61 Å². The first kappa shape index (κ1) is 12.2. The summed E-state index contributed by atoms with van der Waals surface area (Å²) in [4.78, 5) is 13.0. The predicted molar refractivity (Wildman–Crippen MR) is 53.5 cm³/mol. The van der Waals surface area contributed by atoms with Crippen LogP contribution in [0.3, 0.4) is 0 Å². The SMILES string of the molecule is CC(C)/C=C/C(=O)OCCN(C)C. The second kappa shape index (κ2) is 6.66. The minimum atomic E-state index is -0.254. The molecule has 0 atom stereocenters. The molecule has 0 saturated carbocycles. The average molecular weight is 185 g/mol. The van der Waals surface area contributed by atoms with Crippen LogP contribution in [0.25, 0.3) is 0 Å². The summed E-state index contributed by atoms with van der Waals surface area (Å²) in [6.07, 6.45) is 3.32. The molecule has 0 radical (unpaired) electrons. The van der Waals surface area contributed by atoms with Crippen LogP contribution in [0.5, 0.6) is 0 Å². The van der Waals surface area contributed by atoms with E-state index in [2.05, 4.69) is 0 Å². The molecule has 0 aromatic heterocycles. The van der Waals surface area contributed by atoms with Gasteiger partial charge in [-0.1, -0.05) is 19.9 Å². The van der Waals surface area contributed by atoms with Crippen LogP contribution in [0.15, 0.2) is 12.2 Å². The number of hydrogen-bond acceptors (Lipinski definition) is 3. The summed E-state index contributed by atoms with van der Waals surface area (Å²) in [5, 5.41) is 0. The standard InChI is InChI=1S/C10H19NO2/c1-9(2)5-6-10(12)13-8-7-11(3)4/h5-6,9H,7-8H2,1-4H3/b6-5+. The Morgan fingerprint density at radius 2 is 2.08 bits per heavy atom. The van der Waals surface area contributed by atoms with E-state index in [4.69, 9.17) is 4.74 Å². The van der Waals surface area contributed by atoms with E-state index >= 15 is 0 Å². The Balaban J connectivity index is 3.52. The van der Waals surface area contributed by atoms with E-state index in [0.29, 0.717) is 12.5 Å². The summed E-state index contributed by atoms with van der Waals surface area (Å²) in [7, 11) is 3.88. The molecule has 0 rings (SSSR count). The zero-order valence-corrected chi connectivity index (χ0v) is 8.91. The number of rotatable bonds is 5. The van der Waals surface area contributed by atoms with Crippen LogP contribution in [0.2, 0.25) is 0 Å². The van der Waals surface area contributed by atoms with E-state index in [0.717, 1.165) is 6.54 Å². The smallest absolute Gasteiger partial charge is 0.330 e. The summed E-state index contributed by atoms with van der Waals surface area (Å²) in [5.41, 5.74) is 0. The molecular formula is C10H19NO2. The van der Waals surface area contributed by atoms with Crippen molar-refractivity contribution in [2.24, 2.45) is 5.92 Å². The molecule has 3 heteroatoms. The van der Waals surface area contributed by atoms with Crippen LogP contribution in [-0.2, 0) is 9.53 Å². The molecule has 0 bridgehead atoms. The van der Waals surface area contributed by atoms with Gasteiger partial charge >= 0.3 is 5.97 Å². The summed E-state index contributed by atoms with van der Waals surface area (Å²) in [6.45, 7) is 5.25. The van der Waals surface area contributed by atoms with Crippen LogP contribution in [0.1, 0.15) is 13.8 Å². The van der Waals surface area contributed by atoms with Gasteiger partial charge < -0.3 is 9.64 Å². The lowest BCUT2D eigenvalue weighted by molar-refractivity contribution is -0.138. The highest BCUT2D eigenvalue weighted by Crippen LogP contribution is 1.94. The Labute approximate surface area is 80.4 Å². The zero-order chi connectivity index (χ0) is 10.3. The van der Waals surface area contributed by atoms with Crippen molar-refractivity contribution in [3.63, 3.8) is 0 Å². The van der Waals surface area contributed by atoms with Gasteiger partial charge in [-0.15, -0.1) is 0 Å². The predicted octanol–water partition coefficient (Wildman–Crippen LogP) is 1.30. The number of carbonyl (C=O) groups excluding carboxylic acids is 1. The van der Waals surface area contributed by atoms with Crippen LogP contribution < -0.4 is 0 Å². The summed E-state index contributed by atoms with van der Waals surface area (Å²) in [6, 6.07) is 0. The average Bonchev–Trinajstić information content (AvgIpc) is 2.00. The summed E-state index contributed by atoms with van der Waals surface area (Å²) < 4.78 is 4.94. The van der Waals surface area contributed by atoms with Gasteiger partial charge in [0, 0.05) is 12.6 Å². The van der Waals surface area contributed by atoms with E-state index in [-0.39, 0.29) is 5.97 Å². The number of carbonyl (C=O) groups is 1. The number of allylic oxidation sites excluding steroid dienone is 1. The third-order valence-corrected chi connectivity index (χ3v) is 1.40. The van der Waals surface area contributed by atoms with Gasteiger partial charge in [0.05, 0.1) is 0 Å². The summed E-state index contributed by atoms with van der Waals surface area (Å²) in [5.74, 6) is 0.136. The van der Waals surface area contributed by atoms with Crippen molar-refractivity contribution in [3.05, 3.63) is 12.2 Å². The minimum absolute atomic E-state index is 0.254. The van der Waals surface area contributed by atoms with Crippen molar-refractivity contribution in [2.45, 2.75) is 13.8 Å². The van der Waals surface area contributed by atoms with Gasteiger partial charge in [0.2, 0.25) is 0 Å². The van der Waals surface area contributed by atoms with E-state index < -0.39 is 0 Å². The molecule has 0 aliphatic carbocycles. The van der Waals surface area contributed by atoms with E-state index in [9.17, 15) is 4.79 Å². The fraction of sp³-hybridized carbons (Fsp3) is 0.700. The third-order valence-electron chi connectivity index (χ3n) is 1.40. The number of esters is 1. The second-order valence-electron chi connectivity index (χ2n) is 3.57. The molecule has 0 aromatic rings. The van der Waals surface area contributed by atoms with Crippen molar-refractivity contribution in [2.75, 3.05) is 27.2 Å². The van der Waals surface area contributed by atoms with Gasteiger partial charge in [-0.3, -0.25) is 0 Å². The van der Waals surface area contributed by atoms with E-state index in [1.54, 1.807) is 0 Å². The lowest BCUT2D eigenvalue weighted by atomic mass is 10.2. The normalized spacial score (nSPS) is 11.5. The molecule has 0 aliphatic heterocycles. The molecule has 0 amide bonds. The van der Waals surface area contributed by atoms with Gasteiger partial charge in [0.25, 0.3) is 0 Å². The molecule has 0 aliphatic rings.